The van der Waals surface area contributed by atoms with Gasteiger partial charge >= 0.3 is 67.8 Å². The minimum atomic E-state index is 0. The van der Waals surface area contributed by atoms with Crippen LogP contribution in [-0.2, 0) is 87.3 Å². The van der Waals surface area contributed by atoms with Crippen LogP contribution in [0.3, 0.4) is 0 Å². The van der Waals surface area contributed by atoms with Gasteiger partial charge in [-0.1, -0.05) is 72.8 Å². The molecule has 0 fully saturated rings. The van der Waals surface area contributed by atoms with Crippen LogP contribution in [0.4, 0.5) is 0 Å². The molecule has 6 nitrogen and oxygen atoms in total. The average molecular weight is 596 g/mol. The van der Waals surface area contributed by atoms with E-state index in [1.54, 1.807) is 0 Å². The van der Waals surface area contributed by atoms with Crippen LogP contribution in [-0.4, -0.2) is 0 Å². The molecule has 0 aliphatic rings. The van der Waals surface area contributed by atoms with E-state index in [-0.39, 0.29) is 34.1 Å². The first-order valence-electron chi connectivity index (χ1n) is 8.36. The van der Waals surface area contributed by atoms with Gasteiger partial charge in [-0.05, 0) is 32.7 Å². The molecule has 36 heavy (non-hydrogen) atoms. The molecule has 0 bridgehead atoms. The van der Waals surface area contributed by atoms with E-state index in [1.165, 1.54) is 10.8 Å². The Hall–Kier alpha value is -2.68. The first-order chi connectivity index (χ1) is 16.8. The summed E-state index contributed by atoms with van der Waals surface area (Å²) in [5, 5.41) is 4.71. The van der Waals surface area contributed by atoms with Gasteiger partial charge in [-0.25, -0.2) is 0 Å². The molecule has 0 radical (unpaired) electrons. The third kappa shape index (κ3) is 11.8. The molecule has 0 saturated carbocycles. The molecule has 0 unspecified atom stereocenters. The molecular formula is C26H12Fe2O6S2-2. The Bertz CT molecular complexity index is 1170. The Balaban J connectivity index is -0.000000203. The summed E-state index contributed by atoms with van der Waals surface area (Å²) in [6.45, 7) is 27.0. The molecule has 0 aromatic heterocycles. The van der Waals surface area contributed by atoms with Gasteiger partial charge in [0, 0.05) is 34.1 Å². The molecule has 0 heterocycles. The van der Waals surface area contributed by atoms with Crippen LogP contribution in [0.2, 0.25) is 0 Å². The maximum Gasteiger partial charge on any atom is 0 e. The van der Waals surface area contributed by atoms with E-state index in [0.717, 1.165) is 31.7 Å². The van der Waals surface area contributed by atoms with Crippen LogP contribution in [0.25, 0.3) is 32.7 Å². The van der Waals surface area contributed by atoms with Gasteiger partial charge in [-0.3, -0.25) is 0 Å². The summed E-state index contributed by atoms with van der Waals surface area (Å²) in [5.74, 6) is 0. The molecule has 0 spiro atoms. The van der Waals surface area contributed by atoms with E-state index in [4.69, 9.17) is 53.2 Å². The molecule has 4 aromatic carbocycles. The number of fused-ring (bicyclic) bond motifs is 2. The fourth-order valence-electron chi connectivity index (χ4n) is 3.02. The van der Waals surface area contributed by atoms with E-state index < -0.39 is 0 Å². The summed E-state index contributed by atoms with van der Waals surface area (Å²) >= 11 is 11.3. The van der Waals surface area contributed by atoms with Crippen molar-refractivity contribution >= 4 is 46.8 Å². The van der Waals surface area contributed by atoms with Crippen molar-refractivity contribution in [1.82, 2.24) is 0 Å². The van der Waals surface area contributed by atoms with Crippen LogP contribution in [0, 0.1) is 39.9 Å². The normalized spacial score (nSPS) is 7.11. The van der Waals surface area contributed by atoms with Crippen LogP contribution in [0.15, 0.2) is 82.6 Å². The van der Waals surface area contributed by atoms with Gasteiger partial charge in [0.1, 0.15) is 0 Å². The maximum atomic E-state index is 7.50. The second-order valence-corrected chi connectivity index (χ2v) is 6.20. The van der Waals surface area contributed by atoms with Gasteiger partial charge in [0.15, 0.2) is 0 Å². The second-order valence-electron chi connectivity index (χ2n) is 5.32. The molecular weight excluding hydrogens is 584 g/mol. The largest absolute Gasteiger partial charge is 0.779 e. The Labute approximate surface area is 241 Å². The zero-order valence-electron chi connectivity index (χ0n) is 17.9. The van der Waals surface area contributed by atoms with Crippen molar-refractivity contribution in [3.63, 3.8) is 0 Å². The molecule has 4 rings (SSSR count). The SMILES string of the molecule is [C-]#[O+].[C-]#[O+].[C-]#[O+].[C-]#[O+].[C-]#[O+].[C-]#[O+].[Fe].[Fe].[S-]c1ccc2ccccc2c1-c1c([S-])ccc2ccccc12. The van der Waals surface area contributed by atoms with Crippen molar-refractivity contribution in [1.29, 1.82) is 0 Å². The van der Waals surface area contributed by atoms with Crippen LogP contribution in [0.1, 0.15) is 0 Å². The minimum absolute atomic E-state index is 0. The third-order valence-corrected chi connectivity index (χ3v) is 4.71. The number of benzene rings is 4. The van der Waals surface area contributed by atoms with Crippen LogP contribution < -0.4 is 0 Å². The van der Waals surface area contributed by atoms with Crippen LogP contribution >= 0.6 is 0 Å². The molecule has 0 saturated heterocycles. The van der Waals surface area contributed by atoms with Crippen molar-refractivity contribution < 1.29 is 62.1 Å². The third-order valence-electron chi connectivity index (χ3n) is 4.03. The van der Waals surface area contributed by atoms with E-state index in [0.29, 0.717) is 0 Å². The number of hydrogen-bond acceptors (Lipinski definition) is 2. The predicted molar refractivity (Wildman–Crippen MR) is 122 cm³/mol. The summed E-state index contributed by atoms with van der Waals surface area (Å²) in [4.78, 5) is 1.70. The molecule has 0 amide bonds. The number of hydrogen-bond donors (Lipinski definition) is 0. The Kier molecular flexibility index (Phi) is 34.4. The van der Waals surface area contributed by atoms with Crippen LogP contribution in [0.5, 0.6) is 0 Å². The standard InChI is InChI=1S/C20H14S2.6CO.2Fe/c21-17-11-9-13-5-1-3-7-15(13)19(17)20-16-8-4-2-6-14(16)10-12-18(20)22;6*1-2;;/h1-12,21-22H;;;;;;;;/p-2. The molecule has 0 aliphatic carbocycles. The zero-order valence-corrected chi connectivity index (χ0v) is 21.7. The Morgan fingerprint density at radius 3 is 0.917 bits per heavy atom. The van der Waals surface area contributed by atoms with Crippen molar-refractivity contribution in [2.24, 2.45) is 0 Å². The molecule has 0 atom stereocenters. The summed E-state index contributed by atoms with van der Waals surface area (Å²) in [5.41, 5.74) is 2.16. The topological polar surface area (TPSA) is 119 Å². The quantitative estimate of drug-likeness (QED) is 0.129. The maximum absolute atomic E-state index is 7.50. The molecule has 0 N–H and O–H groups in total. The van der Waals surface area contributed by atoms with E-state index in [1.807, 2.05) is 24.3 Å². The average Bonchev–Trinajstić information content (AvgIpc) is 2.96. The first-order valence-corrected chi connectivity index (χ1v) is 9.18. The van der Waals surface area contributed by atoms with E-state index >= 15 is 0 Å². The predicted octanol–water partition coefficient (Wildman–Crippen LogP) is 5.24. The van der Waals surface area contributed by atoms with Crippen molar-refractivity contribution in [2.45, 2.75) is 9.79 Å². The fraction of sp³-hybridized carbons (Fsp3) is 0. The Morgan fingerprint density at radius 2 is 0.639 bits per heavy atom. The monoisotopic (exact) mass is 596 g/mol. The van der Waals surface area contributed by atoms with Gasteiger partial charge in [0.2, 0.25) is 0 Å². The summed E-state index contributed by atoms with van der Waals surface area (Å²) in [6, 6.07) is 24.8. The smallest absolute Gasteiger partial charge is 0 e. The zero-order chi connectivity index (χ0) is 27.1. The first kappa shape index (κ1) is 43.4. The van der Waals surface area contributed by atoms with Gasteiger partial charge in [0.05, 0.1) is 0 Å². The van der Waals surface area contributed by atoms with E-state index in [9.17, 15) is 0 Å². The fourth-order valence-corrected chi connectivity index (χ4v) is 3.58. The Morgan fingerprint density at radius 1 is 0.389 bits per heavy atom. The van der Waals surface area contributed by atoms with Gasteiger partial charge in [0.25, 0.3) is 0 Å². The molecule has 182 valence electrons. The van der Waals surface area contributed by atoms with E-state index in [2.05, 4.69) is 88.4 Å². The molecule has 4 aromatic rings. The molecule has 0 aliphatic heterocycles. The summed E-state index contributed by atoms with van der Waals surface area (Å²) in [6.07, 6.45) is 0. The van der Waals surface area contributed by atoms with Gasteiger partial charge in [-0.2, -0.15) is 9.79 Å². The summed E-state index contributed by atoms with van der Waals surface area (Å²) < 4.78 is 45.0. The van der Waals surface area contributed by atoms with Gasteiger partial charge in [-0.15, -0.1) is 0 Å². The number of rotatable bonds is 1. The second kappa shape index (κ2) is 28.6. The molecule has 10 heteroatoms. The van der Waals surface area contributed by atoms with Crippen molar-refractivity contribution in [3.05, 3.63) is 113 Å². The van der Waals surface area contributed by atoms with Gasteiger partial charge < -0.3 is 25.3 Å². The van der Waals surface area contributed by atoms with Crippen molar-refractivity contribution in [3.8, 4) is 11.1 Å². The minimum Gasteiger partial charge on any atom is -0.779 e. The summed E-state index contributed by atoms with van der Waals surface area (Å²) in [7, 11) is 0. The van der Waals surface area contributed by atoms with Crippen molar-refractivity contribution in [2.75, 3.05) is 0 Å².